The molecule has 0 atom stereocenters. The van der Waals surface area contributed by atoms with Crippen LogP contribution in [0.3, 0.4) is 0 Å². The molecule has 5 aromatic rings. The lowest BCUT2D eigenvalue weighted by Gasteiger charge is -2.30. The van der Waals surface area contributed by atoms with Crippen molar-refractivity contribution >= 4 is 27.8 Å². The summed E-state index contributed by atoms with van der Waals surface area (Å²) < 4.78 is 0. The molecule has 35 heavy (non-hydrogen) atoms. The molecule has 0 radical (unpaired) electrons. The highest BCUT2D eigenvalue weighted by atomic mass is 15.1. The maximum absolute atomic E-state index is 9.61. The molecule has 5 aromatic carbocycles. The number of aryl methyl sites for hydroxylation is 1. The number of rotatable bonds is 3. The van der Waals surface area contributed by atoms with E-state index in [2.05, 4.69) is 111 Å². The van der Waals surface area contributed by atoms with Crippen LogP contribution in [-0.2, 0) is 5.41 Å². The van der Waals surface area contributed by atoms with Gasteiger partial charge in [0.25, 0.3) is 0 Å². The van der Waals surface area contributed by atoms with E-state index in [1.807, 2.05) is 24.3 Å². The summed E-state index contributed by atoms with van der Waals surface area (Å²) in [6.45, 7) is 6.83. The standard InChI is InChI=1S/C33H26N2/c1-22-16-17-28-29(18-22)33(2,3)30-20-31(26-14-7-8-15-27(26)32(28)30)35(24-11-5-4-6-12-24)25-13-9-10-23(19-25)21-34/h4-20H,1-3H3. The Morgan fingerprint density at radius 1 is 0.686 bits per heavy atom. The molecule has 2 nitrogen and oxygen atoms in total. The molecule has 2 heteroatoms. The summed E-state index contributed by atoms with van der Waals surface area (Å²) in [6.07, 6.45) is 0. The number of hydrogen-bond acceptors (Lipinski definition) is 2. The van der Waals surface area contributed by atoms with Crippen LogP contribution < -0.4 is 4.90 Å². The van der Waals surface area contributed by atoms with Gasteiger partial charge < -0.3 is 4.90 Å². The summed E-state index contributed by atoms with van der Waals surface area (Å²) in [6, 6.07) is 38.5. The second-order valence-electron chi connectivity index (χ2n) is 9.87. The third kappa shape index (κ3) is 3.24. The Bertz CT molecular complexity index is 1640. The maximum Gasteiger partial charge on any atom is 0.0992 e. The summed E-state index contributed by atoms with van der Waals surface area (Å²) in [5.74, 6) is 0. The Morgan fingerprint density at radius 2 is 1.40 bits per heavy atom. The van der Waals surface area contributed by atoms with Gasteiger partial charge in [0.2, 0.25) is 0 Å². The highest BCUT2D eigenvalue weighted by Crippen LogP contribution is 2.54. The summed E-state index contributed by atoms with van der Waals surface area (Å²) >= 11 is 0. The fourth-order valence-corrected chi connectivity index (χ4v) is 5.58. The van der Waals surface area contributed by atoms with Gasteiger partial charge in [-0.25, -0.2) is 0 Å². The summed E-state index contributed by atoms with van der Waals surface area (Å²) in [5.41, 5.74) is 10.4. The first kappa shape index (κ1) is 21.2. The first-order chi connectivity index (χ1) is 17.0. The third-order valence-electron chi connectivity index (χ3n) is 7.30. The van der Waals surface area contributed by atoms with Crippen molar-refractivity contribution in [2.24, 2.45) is 0 Å². The first-order valence-corrected chi connectivity index (χ1v) is 12.0. The van der Waals surface area contributed by atoms with Crippen LogP contribution in [-0.4, -0.2) is 0 Å². The van der Waals surface area contributed by atoms with E-state index < -0.39 is 0 Å². The van der Waals surface area contributed by atoms with Crippen LogP contribution in [0.1, 0.15) is 36.1 Å². The number of anilines is 3. The van der Waals surface area contributed by atoms with Gasteiger partial charge >= 0.3 is 0 Å². The smallest absolute Gasteiger partial charge is 0.0992 e. The second kappa shape index (κ2) is 7.86. The van der Waals surface area contributed by atoms with Crippen molar-refractivity contribution in [1.29, 1.82) is 5.26 Å². The molecule has 1 aliphatic carbocycles. The van der Waals surface area contributed by atoms with Gasteiger partial charge in [-0.15, -0.1) is 0 Å². The molecule has 0 saturated heterocycles. The molecule has 0 aromatic heterocycles. The predicted octanol–water partition coefficient (Wildman–Crippen LogP) is 8.80. The van der Waals surface area contributed by atoms with Gasteiger partial charge in [0, 0.05) is 22.2 Å². The number of fused-ring (bicyclic) bond motifs is 5. The van der Waals surface area contributed by atoms with Crippen molar-refractivity contribution in [2.45, 2.75) is 26.2 Å². The molecule has 1 aliphatic rings. The molecule has 0 unspecified atom stereocenters. The van der Waals surface area contributed by atoms with E-state index >= 15 is 0 Å². The average molecular weight is 451 g/mol. The molecule has 0 spiro atoms. The molecule has 6 rings (SSSR count). The minimum absolute atomic E-state index is 0.119. The van der Waals surface area contributed by atoms with Gasteiger partial charge in [-0.1, -0.05) is 86.1 Å². The van der Waals surface area contributed by atoms with Crippen molar-refractivity contribution in [3.8, 4) is 17.2 Å². The van der Waals surface area contributed by atoms with Crippen LogP contribution in [0.15, 0.2) is 103 Å². The minimum atomic E-state index is -0.119. The topological polar surface area (TPSA) is 27.0 Å². The highest BCUT2D eigenvalue weighted by Gasteiger charge is 2.37. The summed E-state index contributed by atoms with van der Waals surface area (Å²) in [5, 5.41) is 12.1. The van der Waals surface area contributed by atoms with Crippen molar-refractivity contribution in [1.82, 2.24) is 0 Å². The van der Waals surface area contributed by atoms with E-state index in [4.69, 9.17) is 0 Å². The van der Waals surface area contributed by atoms with E-state index in [9.17, 15) is 5.26 Å². The number of nitriles is 1. The van der Waals surface area contributed by atoms with Crippen LogP contribution in [0.4, 0.5) is 17.1 Å². The maximum atomic E-state index is 9.61. The van der Waals surface area contributed by atoms with Crippen LogP contribution >= 0.6 is 0 Å². The number of hydrogen-bond donors (Lipinski definition) is 0. The summed E-state index contributed by atoms with van der Waals surface area (Å²) in [4.78, 5) is 2.29. The number of nitrogens with zero attached hydrogens (tertiary/aromatic N) is 2. The predicted molar refractivity (Wildman–Crippen MR) is 146 cm³/mol. The van der Waals surface area contributed by atoms with Crippen molar-refractivity contribution in [3.05, 3.63) is 125 Å². The number of benzene rings is 5. The van der Waals surface area contributed by atoms with Crippen LogP contribution in [0.5, 0.6) is 0 Å². The molecule has 168 valence electrons. The Labute approximate surface area is 206 Å². The van der Waals surface area contributed by atoms with Crippen LogP contribution in [0, 0.1) is 18.3 Å². The third-order valence-corrected chi connectivity index (χ3v) is 7.30. The Morgan fingerprint density at radius 3 is 2.17 bits per heavy atom. The Balaban J connectivity index is 1.71. The Hall–Kier alpha value is -4.35. The lowest BCUT2D eigenvalue weighted by atomic mass is 9.81. The molecule has 0 heterocycles. The molecule has 0 saturated carbocycles. The van der Waals surface area contributed by atoms with Gasteiger partial charge in [0.15, 0.2) is 0 Å². The van der Waals surface area contributed by atoms with Crippen LogP contribution in [0.2, 0.25) is 0 Å². The zero-order valence-corrected chi connectivity index (χ0v) is 20.2. The van der Waals surface area contributed by atoms with Gasteiger partial charge in [-0.05, 0) is 71.0 Å². The van der Waals surface area contributed by atoms with E-state index in [0.717, 1.165) is 17.1 Å². The lowest BCUT2D eigenvalue weighted by Crippen LogP contribution is -2.17. The van der Waals surface area contributed by atoms with Crippen molar-refractivity contribution in [3.63, 3.8) is 0 Å². The molecule has 0 fully saturated rings. The zero-order chi connectivity index (χ0) is 24.2. The Kier molecular flexibility index (Phi) is 4.76. The molecule has 0 aliphatic heterocycles. The van der Waals surface area contributed by atoms with Gasteiger partial charge in [-0.2, -0.15) is 5.26 Å². The summed E-state index contributed by atoms with van der Waals surface area (Å²) in [7, 11) is 0. The van der Waals surface area contributed by atoms with E-state index in [0.29, 0.717) is 5.56 Å². The van der Waals surface area contributed by atoms with Gasteiger partial charge in [0.1, 0.15) is 0 Å². The molecule has 0 amide bonds. The highest BCUT2D eigenvalue weighted by molar-refractivity contribution is 6.10. The zero-order valence-electron chi connectivity index (χ0n) is 20.2. The normalized spacial score (nSPS) is 13.2. The van der Waals surface area contributed by atoms with Gasteiger partial charge in [-0.3, -0.25) is 0 Å². The van der Waals surface area contributed by atoms with Crippen LogP contribution in [0.25, 0.3) is 21.9 Å². The van der Waals surface area contributed by atoms with Crippen molar-refractivity contribution in [2.75, 3.05) is 4.90 Å². The monoisotopic (exact) mass is 450 g/mol. The van der Waals surface area contributed by atoms with Gasteiger partial charge in [0.05, 0.1) is 17.3 Å². The fraction of sp³-hybridized carbons (Fsp3) is 0.121. The minimum Gasteiger partial charge on any atom is -0.310 e. The molecular weight excluding hydrogens is 424 g/mol. The first-order valence-electron chi connectivity index (χ1n) is 12.0. The molecule has 0 bridgehead atoms. The second-order valence-corrected chi connectivity index (χ2v) is 9.87. The van der Waals surface area contributed by atoms with Crippen molar-refractivity contribution < 1.29 is 0 Å². The average Bonchev–Trinajstić information content (AvgIpc) is 3.11. The van der Waals surface area contributed by atoms with E-state index in [1.54, 1.807) is 0 Å². The fourth-order valence-electron chi connectivity index (χ4n) is 5.58. The lowest BCUT2D eigenvalue weighted by molar-refractivity contribution is 0.660. The molecular formula is C33H26N2. The largest absolute Gasteiger partial charge is 0.310 e. The van der Waals surface area contributed by atoms with E-state index in [-0.39, 0.29) is 5.41 Å². The number of para-hydroxylation sites is 1. The molecule has 0 N–H and O–H groups in total. The SMILES string of the molecule is Cc1ccc2c(c1)C(C)(C)c1cc(N(c3ccccc3)c3cccc(C#N)c3)c3ccccc3c1-2. The quantitative estimate of drug-likeness (QED) is 0.275. The van der Waals surface area contributed by atoms with E-state index in [1.165, 1.54) is 38.6 Å².